The largest absolute Gasteiger partial charge is 0.332 e. The van der Waals surface area contributed by atoms with E-state index in [1.165, 1.54) is 17.2 Å². The molecule has 2 aromatic heterocycles. The number of nitrogens with zero attached hydrogens (tertiary/aromatic N) is 4. The highest BCUT2D eigenvalue weighted by molar-refractivity contribution is 5.80. The fraction of sp³-hybridized carbons (Fsp3) is 0.316. The van der Waals surface area contributed by atoms with Gasteiger partial charge < -0.3 is 4.90 Å². The van der Waals surface area contributed by atoms with Crippen molar-refractivity contribution in [3.63, 3.8) is 0 Å². The minimum atomic E-state index is -0.375. The topological polar surface area (TPSA) is 60.1 Å². The Morgan fingerprint density at radius 3 is 2.28 bits per heavy atom. The van der Waals surface area contributed by atoms with Gasteiger partial charge in [-0.05, 0) is 32.6 Å². The smallest absolute Gasteiger partial charge is 0.305 e. The van der Waals surface area contributed by atoms with Gasteiger partial charge in [-0.3, -0.25) is 13.9 Å². The molecule has 0 N–H and O–H groups in total. The lowest BCUT2D eigenvalue weighted by Gasteiger charge is -2.16. The van der Waals surface area contributed by atoms with Gasteiger partial charge in [0.2, 0.25) is 0 Å². The predicted octanol–water partition coefficient (Wildman–Crippen LogP) is 1.67. The summed E-state index contributed by atoms with van der Waals surface area (Å²) in [7, 11) is 7.08. The average molecular weight is 338 g/mol. The summed E-state index contributed by atoms with van der Waals surface area (Å²) in [5.74, 6) is 0. The Bertz CT molecular complexity index is 1060. The number of hydrogen-bond acceptors (Lipinski definition) is 4. The highest BCUT2D eigenvalue weighted by Crippen LogP contribution is 2.25. The lowest BCUT2D eigenvalue weighted by atomic mass is 10.0. The summed E-state index contributed by atoms with van der Waals surface area (Å²) in [5.41, 5.74) is 3.60. The summed E-state index contributed by atoms with van der Waals surface area (Å²) in [6.07, 6.45) is 0. The van der Waals surface area contributed by atoms with Crippen LogP contribution in [-0.4, -0.2) is 33.1 Å². The molecule has 0 fully saturated rings. The number of aryl methyl sites for hydroxylation is 2. The van der Waals surface area contributed by atoms with E-state index in [1.807, 2.05) is 56.3 Å². The number of rotatable bonds is 3. The molecule has 0 spiro atoms. The van der Waals surface area contributed by atoms with Crippen LogP contribution in [0.15, 0.2) is 39.9 Å². The molecule has 0 unspecified atom stereocenters. The van der Waals surface area contributed by atoms with E-state index in [0.717, 1.165) is 21.4 Å². The van der Waals surface area contributed by atoms with Crippen molar-refractivity contribution < 1.29 is 0 Å². The Labute approximate surface area is 146 Å². The number of pyridine rings is 1. The first-order valence-corrected chi connectivity index (χ1v) is 8.11. The third kappa shape index (κ3) is 3.00. The maximum absolute atomic E-state index is 12.5. The van der Waals surface area contributed by atoms with Gasteiger partial charge in [0.1, 0.15) is 5.65 Å². The molecule has 0 radical (unpaired) electrons. The van der Waals surface area contributed by atoms with Crippen LogP contribution in [0.25, 0.3) is 22.3 Å². The molecule has 0 saturated carbocycles. The maximum atomic E-state index is 12.5. The summed E-state index contributed by atoms with van der Waals surface area (Å²) in [6, 6.07) is 9.95. The molecule has 130 valence electrons. The van der Waals surface area contributed by atoms with Crippen molar-refractivity contribution in [2.45, 2.75) is 13.5 Å². The first-order chi connectivity index (χ1) is 11.8. The van der Waals surface area contributed by atoms with Gasteiger partial charge in [0.25, 0.3) is 5.56 Å². The minimum Gasteiger partial charge on any atom is -0.305 e. The van der Waals surface area contributed by atoms with E-state index in [9.17, 15) is 9.59 Å². The van der Waals surface area contributed by atoms with Gasteiger partial charge in [0, 0.05) is 26.2 Å². The van der Waals surface area contributed by atoms with Crippen molar-refractivity contribution in [2.24, 2.45) is 14.1 Å². The SMILES string of the molecule is Cc1ccc(-c2nc3c(cc2CN(C)C)c(=O)n(C)c(=O)n3C)cc1. The lowest BCUT2D eigenvalue weighted by molar-refractivity contribution is 0.403. The summed E-state index contributed by atoms with van der Waals surface area (Å²) >= 11 is 0. The Balaban J connectivity index is 2.40. The van der Waals surface area contributed by atoms with Crippen molar-refractivity contribution in [1.82, 2.24) is 19.0 Å². The van der Waals surface area contributed by atoms with E-state index >= 15 is 0 Å². The van der Waals surface area contributed by atoms with Crippen molar-refractivity contribution >= 4 is 11.0 Å². The van der Waals surface area contributed by atoms with E-state index in [1.54, 1.807) is 7.05 Å². The van der Waals surface area contributed by atoms with Gasteiger partial charge >= 0.3 is 5.69 Å². The number of aromatic nitrogens is 3. The Morgan fingerprint density at radius 2 is 1.68 bits per heavy atom. The van der Waals surface area contributed by atoms with Crippen LogP contribution in [-0.2, 0) is 20.6 Å². The van der Waals surface area contributed by atoms with Crippen molar-refractivity contribution in [3.05, 3.63) is 62.3 Å². The minimum absolute atomic E-state index is 0.318. The number of benzene rings is 1. The summed E-state index contributed by atoms with van der Waals surface area (Å²) < 4.78 is 2.54. The second-order valence-corrected chi connectivity index (χ2v) is 6.68. The van der Waals surface area contributed by atoms with Gasteiger partial charge in [-0.1, -0.05) is 29.8 Å². The molecule has 25 heavy (non-hydrogen) atoms. The quantitative estimate of drug-likeness (QED) is 0.729. The fourth-order valence-electron chi connectivity index (χ4n) is 2.96. The van der Waals surface area contributed by atoms with Crippen molar-refractivity contribution in [1.29, 1.82) is 0 Å². The predicted molar refractivity (Wildman–Crippen MR) is 99.8 cm³/mol. The first kappa shape index (κ1) is 17.1. The Hall–Kier alpha value is -2.73. The second-order valence-electron chi connectivity index (χ2n) is 6.68. The molecule has 3 rings (SSSR count). The average Bonchev–Trinajstić information content (AvgIpc) is 2.58. The van der Waals surface area contributed by atoms with E-state index < -0.39 is 0 Å². The second kappa shape index (κ2) is 6.29. The zero-order valence-corrected chi connectivity index (χ0v) is 15.2. The molecule has 0 aliphatic rings. The van der Waals surface area contributed by atoms with Gasteiger partial charge in [0.15, 0.2) is 0 Å². The molecule has 0 atom stereocenters. The van der Waals surface area contributed by atoms with Crippen molar-refractivity contribution in [3.8, 4) is 11.3 Å². The van der Waals surface area contributed by atoms with Crippen LogP contribution in [0.5, 0.6) is 0 Å². The highest BCUT2D eigenvalue weighted by Gasteiger charge is 2.16. The normalized spacial score (nSPS) is 11.4. The molecule has 0 saturated heterocycles. The Kier molecular flexibility index (Phi) is 4.30. The summed E-state index contributed by atoms with van der Waals surface area (Å²) in [5, 5.41) is 0.456. The summed E-state index contributed by atoms with van der Waals surface area (Å²) in [6.45, 7) is 2.68. The molecule has 0 aliphatic carbocycles. The lowest BCUT2D eigenvalue weighted by Crippen LogP contribution is -2.37. The van der Waals surface area contributed by atoms with E-state index in [4.69, 9.17) is 4.98 Å². The van der Waals surface area contributed by atoms with Crippen molar-refractivity contribution in [2.75, 3.05) is 14.1 Å². The number of fused-ring (bicyclic) bond motifs is 1. The molecule has 3 aromatic rings. The summed E-state index contributed by atoms with van der Waals surface area (Å²) in [4.78, 5) is 31.5. The zero-order chi connectivity index (χ0) is 18.3. The molecular formula is C19H22N4O2. The molecule has 0 bridgehead atoms. The van der Waals surface area contributed by atoms with Crippen LogP contribution in [0, 0.1) is 6.92 Å². The van der Waals surface area contributed by atoms with Crippen LogP contribution in [0.2, 0.25) is 0 Å². The van der Waals surface area contributed by atoms with E-state index in [0.29, 0.717) is 17.6 Å². The zero-order valence-electron chi connectivity index (χ0n) is 15.2. The monoisotopic (exact) mass is 338 g/mol. The van der Waals surface area contributed by atoms with Crippen LogP contribution in [0.4, 0.5) is 0 Å². The number of hydrogen-bond donors (Lipinski definition) is 0. The van der Waals surface area contributed by atoms with E-state index in [-0.39, 0.29) is 11.2 Å². The van der Waals surface area contributed by atoms with Crippen LogP contribution < -0.4 is 11.2 Å². The molecular weight excluding hydrogens is 316 g/mol. The molecule has 0 amide bonds. The molecule has 6 heteroatoms. The standard InChI is InChI=1S/C19H22N4O2/c1-12-6-8-13(9-7-12)16-14(11-21(2)3)10-15-17(20-16)22(4)19(25)23(5)18(15)24/h6-10H,11H2,1-5H3. The van der Waals surface area contributed by atoms with Gasteiger partial charge in [0.05, 0.1) is 11.1 Å². The Morgan fingerprint density at radius 1 is 1.04 bits per heavy atom. The third-order valence-corrected chi connectivity index (χ3v) is 4.32. The highest BCUT2D eigenvalue weighted by atomic mass is 16.2. The van der Waals surface area contributed by atoms with E-state index in [2.05, 4.69) is 0 Å². The molecule has 0 aliphatic heterocycles. The van der Waals surface area contributed by atoms with Gasteiger partial charge in [-0.15, -0.1) is 0 Å². The van der Waals surface area contributed by atoms with Gasteiger partial charge in [-0.2, -0.15) is 0 Å². The molecule has 2 heterocycles. The van der Waals surface area contributed by atoms with Crippen LogP contribution in [0.3, 0.4) is 0 Å². The fourth-order valence-corrected chi connectivity index (χ4v) is 2.96. The van der Waals surface area contributed by atoms with Crippen LogP contribution >= 0.6 is 0 Å². The third-order valence-electron chi connectivity index (χ3n) is 4.32. The molecule has 6 nitrogen and oxygen atoms in total. The van der Waals surface area contributed by atoms with Gasteiger partial charge in [-0.25, -0.2) is 9.78 Å². The maximum Gasteiger partial charge on any atom is 0.332 e. The van der Waals surface area contributed by atoms with Crippen LogP contribution in [0.1, 0.15) is 11.1 Å². The first-order valence-electron chi connectivity index (χ1n) is 8.11. The molecule has 1 aromatic carbocycles.